The standard InChI is InChI=1S/C16H17NO3/c1-19-15-8-6-12(7-9-15)11-17-14-5-3-4-13(10-14)16(18)20-2/h3-10,17H,11H2,1-2H3. The maximum absolute atomic E-state index is 11.4. The first-order valence-electron chi connectivity index (χ1n) is 6.28. The zero-order valence-corrected chi connectivity index (χ0v) is 11.6. The van der Waals surface area contributed by atoms with Crippen molar-refractivity contribution in [3.8, 4) is 5.75 Å². The van der Waals surface area contributed by atoms with Gasteiger partial charge in [0.15, 0.2) is 0 Å². The number of benzene rings is 2. The molecule has 0 aliphatic heterocycles. The van der Waals surface area contributed by atoms with Gasteiger partial charge in [-0.2, -0.15) is 0 Å². The summed E-state index contributed by atoms with van der Waals surface area (Å²) in [5, 5.41) is 3.27. The van der Waals surface area contributed by atoms with Crippen LogP contribution >= 0.6 is 0 Å². The average Bonchev–Trinajstić information content (AvgIpc) is 2.53. The Hall–Kier alpha value is -2.49. The van der Waals surface area contributed by atoms with Crippen LogP contribution in [0.15, 0.2) is 48.5 Å². The molecule has 2 aromatic rings. The highest BCUT2D eigenvalue weighted by atomic mass is 16.5. The first kappa shape index (κ1) is 13.9. The van der Waals surface area contributed by atoms with Crippen LogP contribution < -0.4 is 10.1 Å². The Balaban J connectivity index is 2.01. The molecule has 0 saturated carbocycles. The van der Waals surface area contributed by atoms with Crippen LogP contribution in [-0.4, -0.2) is 20.2 Å². The van der Waals surface area contributed by atoms with Crippen molar-refractivity contribution >= 4 is 11.7 Å². The van der Waals surface area contributed by atoms with Crippen molar-refractivity contribution in [2.75, 3.05) is 19.5 Å². The lowest BCUT2D eigenvalue weighted by molar-refractivity contribution is 0.0601. The first-order valence-corrected chi connectivity index (χ1v) is 6.28. The van der Waals surface area contributed by atoms with Crippen LogP contribution in [0.4, 0.5) is 5.69 Å². The van der Waals surface area contributed by atoms with Crippen molar-refractivity contribution < 1.29 is 14.3 Å². The van der Waals surface area contributed by atoms with Gasteiger partial charge in [-0.05, 0) is 35.9 Å². The molecule has 0 aliphatic rings. The lowest BCUT2D eigenvalue weighted by atomic mass is 10.2. The van der Waals surface area contributed by atoms with Gasteiger partial charge in [0.25, 0.3) is 0 Å². The molecule has 4 nitrogen and oxygen atoms in total. The van der Waals surface area contributed by atoms with Crippen molar-refractivity contribution in [2.45, 2.75) is 6.54 Å². The second-order valence-electron chi connectivity index (χ2n) is 4.27. The number of carbonyl (C=O) groups excluding carboxylic acids is 1. The minimum atomic E-state index is -0.335. The van der Waals surface area contributed by atoms with E-state index in [0.717, 1.165) is 17.0 Å². The summed E-state index contributed by atoms with van der Waals surface area (Å²) in [6.07, 6.45) is 0. The molecule has 0 spiro atoms. The van der Waals surface area contributed by atoms with E-state index in [1.165, 1.54) is 7.11 Å². The third kappa shape index (κ3) is 3.51. The van der Waals surface area contributed by atoms with Gasteiger partial charge in [-0.3, -0.25) is 0 Å². The van der Waals surface area contributed by atoms with Crippen molar-refractivity contribution in [1.29, 1.82) is 0 Å². The van der Waals surface area contributed by atoms with Gasteiger partial charge in [-0.25, -0.2) is 4.79 Å². The van der Waals surface area contributed by atoms with Crippen LogP contribution in [0.1, 0.15) is 15.9 Å². The smallest absolute Gasteiger partial charge is 0.337 e. The SMILES string of the molecule is COC(=O)c1cccc(NCc2ccc(OC)cc2)c1. The van der Waals surface area contributed by atoms with E-state index < -0.39 is 0 Å². The molecule has 1 N–H and O–H groups in total. The maximum Gasteiger partial charge on any atom is 0.337 e. The second kappa shape index (κ2) is 6.61. The second-order valence-corrected chi connectivity index (χ2v) is 4.27. The number of esters is 1. The van der Waals surface area contributed by atoms with E-state index in [1.807, 2.05) is 36.4 Å². The summed E-state index contributed by atoms with van der Waals surface area (Å²) in [5.41, 5.74) is 2.55. The number of hydrogen-bond acceptors (Lipinski definition) is 4. The monoisotopic (exact) mass is 271 g/mol. The minimum absolute atomic E-state index is 0.335. The number of methoxy groups -OCH3 is 2. The number of carbonyl (C=O) groups is 1. The predicted octanol–water partition coefficient (Wildman–Crippen LogP) is 3.09. The molecule has 0 radical (unpaired) electrons. The predicted molar refractivity (Wildman–Crippen MR) is 78.1 cm³/mol. The van der Waals surface area contributed by atoms with E-state index in [9.17, 15) is 4.79 Å². The zero-order valence-electron chi connectivity index (χ0n) is 11.6. The maximum atomic E-state index is 11.4. The van der Waals surface area contributed by atoms with E-state index in [4.69, 9.17) is 9.47 Å². The van der Waals surface area contributed by atoms with Crippen LogP contribution in [-0.2, 0) is 11.3 Å². The van der Waals surface area contributed by atoms with Crippen LogP contribution in [0.25, 0.3) is 0 Å². The topological polar surface area (TPSA) is 47.6 Å². The Morgan fingerprint density at radius 3 is 2.50 bits per heavy atom. The quantitative estimate of drug-likeness (QED) is 0.849. The van der Waals surface area contributed by atoms with Crippen LogP contribution in [0.5, 0.6) is 5.75 Å². The Kier molecular flexibility index (Phi) is 4.60. The molecular formula is C16H17NO3. The molecular weight excluding hydrogens is 254 g/mol. The van der Waals surface area contributed by atoms with E-state index >= 15 is 0 Å². The Morgan fingerprint density at radius 2 is 1.85 bits per heavy atom. The van der Waals surface area contributed by atoms with Gasteiger partial charge in [-0.15, -0.1) is 0 Å². The molecule has 0 aliphatic carbocycles. The molecule has 0 unspecified atom stereocenters. The third-order valence-electron chi connectivity index (χ3n) is 2.94. The summed E-state index contributed by atoms with van der Waals surface area (Å²) < 4.78 is 9.81. The van der Waals surface area contributed by atoms with Crippen LogP contribution in [0.3, 0.4) is 0 Å². The van der Waals surface area contributed by atoms with E-state index in [1.54, 1.807) is 19.2 Å². The summed E-state index contributed by atoms with van der Waals surface area (Å²) in [6.45, 7) is 0.675. The molecule has 104 valence electrons. The molecule has 0 aromatic heterocycles. The van der Waals surface area contributed by atoms with E-state index in [0.29, 0.717) is 12.1 Å². The Morgan fingerprint density at radius 1 is 1.10 bits per heavy atom. The minimum Gasteiger partial charge on any atom is -0.497 e. The van der Waals surface area contributed by atoms with Crippen molar-refractivity contribution in [3.05, 3.63) is 59.7 Å². The summed E-state index contributed by atoms with van der Waals surface area (Å²) in [6, 6.07) is 15.1. The number of anilines is 1. The molecule has 0 bridgehead atoms. The van der Waals surface area contributed by atoms with Gasteiger partial charge in [-0.1, -0.05) is 18.2 Å². The Labute approximate surface area is 118 Å². The molecule has 20 heavy (non-hydrogen) atoms. The van der Waals surface area contributed by atoms with Crippen LogP contribution in [0, 0.1) is 0 Å². The molecule has 0 amide bonds. The van der Waals surface area contributed by atoms with Gasteiger partial charge in [0.05, 0.1) is 19.8 Å². The summed E-state index contributed by atoms with van der Waals surface area (Å²) in [4.78, 5) is 11.4. The third-order valence-corrected chi connectivity index (χ3v) is 2.94. The lowest BCUT2D eigenvalue weighted by Gasteiger charge is -2.08. The fraction of sp³-hybridized carbons (Fsp3) is 0.188. The number of nitrogens with one attached hydrogen (secondary N) is 1. The normalized spacial score (nSPS) is 9.90. The van der Waals surface area contributed by atoms with E-state index in [2.05, 4.69) is 5.32 Å². The summed E-state index contributed by atoms with van der Waals surface area (Å²) in [7, 11) is 3.02. The average molecular weight is 271 g/mol. The number of hydrogen-bond donors (Lipinski definition) is 1. The fourth-order valence-corrected chi connectivity index (χ4v) is 1.82. The van der Waals surface area contributed by atoms with Crippen molar-refractivity contribution in [3.63, 3.8) is 0 Å². The molecule has 0 atom stereocenters. The molecule has 4 heteroatoms. The molecule has 2 aromatic carbocycles. The van der Waals surface area contributed by atoms with Crippen molar-refractivity contribution in [1.82, 2.24) is 0 Å². The fourth-order valence-electron chi connectivity index (χ4n) is 1.82. The molecule has 0 heterocycles. The molecule has 2 rings (SSSR count). The highest BCUT2D eigenvalue weighted by molar-refractivity contribution is 5.90. The van der Waals surface area contributed by atoms with E-state index in [-0.39, 0.29) is 5.97 Å². The number of ether oxygens (including phenoxy) is 2. The highest BCUT2D eigenvalue weighted by Crippen LogP contribution is 2.15. The summed E-state index contributed by atoms with van der Waals surface area (Å²) in [5.74, 6) is 0.500. The van der Waals surface area contributed by atoms with Crippen LogP contribution in [0.2, 0.25) is 0 Å². The Bertz CT molecular complexity index is 579. The van der Waals surface area contributed by atoms with Gasteiger partial charge in [0, 0.05) is 12.2 Å². The lowest BCUT2D eigenvalue weighted by Crippen LogP contribution is -2.03. The molecule has 0 saturated heterocycles. The van der Waals surface area contributed by atoms with Gasteiger partial charge in [0.2, 0.25) is 0 Å². The number of rotatable bonds is 5. The van der Waals surface area contributed by atoms with Gasteiger partial charge in [0.1, 0.15) is 5.75 Å². The van der Waals surface area contributed by atoms with Gasteiger partial charge < -0.3 is 14.8 Å². The van der Waals surface area contributed by atoms with Crippen molar-refractivity contribution in [2.24, 2.45) is 0 Å². The summed E-state index contributed by atoms with van der Waals surface area (Å²) >= 11 is 0. The van der Waals surface area contributed by atoms with Gasteiger partial charge >= 0.3 is 5.97 Å². The molecule has 0 fully saturated rings. The first-order chi connectivity index (χ1) is 9.72. The largest absolute Gasteiger partial charge is 0.497 e. The highest BCUT2D eigenvalue weighted by Gasteiger charge is 2.05. The zero-order chi connectivity index (χ0) is 14.4.